The van der Waals surface area contributed by atoms with Crippen molar-refractivity contribution >= 4 is 29.1 Å². The zero-order chi connectivity index (χ0) is 19.1. The van der Waals surface area contributed by atoms with Crippen LogP contribution in [0.3, 0.4) is 0 Å². The molecule has 144 valence electrons. The first-order valence-corrected chi connectivity index (χ1v) is 9.98. The Hall–Kier alpha value is -1.60. The number of hydrogen-bond acceptors (Lipinski definition) is 4. The minimum atomic E-state index is 0.0288. The van der Waals surface area contributed by atoms with Gasteiger partial charge in [0, 0.05) is 36.7 Å². The fourth-order valence-corrected chi connectivity index (χ4v) is 4.90. The van der Waals surface area contributed by atoms with Crippen molar-refractivity contribution < 1.29 is 4.79 Å². The van der Waals surface area contributed by atoms with Gasteiger partial charge in [0.2, 0.25) is 5.91 Å². The van der Waals surface area contributed by atoms with E-state index in [1.165, 1.54) is 5.56 Å². The van der Waals surface area contributed by atoms with Crippen LogP contribution in [0, 0.1) is 11.8 Å². The second kappa shape index (κ2) is 7.43. The highest BCUT2D eigenvalue weighted by atomic mass is 35.5. The molecule has 0 radical (unpaired) electrons. The van der Waals surface area contributed by atoms with Gasteiger partial charge in [-0.3, -0.25) is 14.9 Å². The van der Waals surface area contributed by atoms with E-state index < -0.39 is 0 Å². The van der Waals surface area contributed by atoms with Gasteiger partial charge in [-0.15, -0.1) is 0 Å². The minimum absolute atomic E-state index is 0.0288. The van der Waals surface area contributed by atoms with E-state index in [1.807, 2.05) is 36.1 Å². The molecule has 1 aliphatic heterocycles. The number of nitrogens with one attached hydrogen (secondary N) is 2. The van der Waals surface area contributed by atoms with E-state index in [0.29, 0.717) is 22.5 Å². The van der Waals surface area contributed by atoms with Crippen LogP contribution in [0.1, 0.15) is 30.7 Å². The molecule has 1 aromatic carbocycles. The third-order valence-electron chi connectivity index (χ3n) is 5.99. The molecule has 1 aliphatic carbocycles. The summed E-state index contributed by atoms with van der Waals surface area (Å²) in [6.07, 6.45) is 4.66. The van der Waals surface area contributed by atoms with E-state index in [0.717, 1.165) is 30.5 Å². The topological polar surface area (TPSA) is 85.0 Å². The molecule has 2 aromatic rings. The van der Waals surface area contributed by atoms with Gasteiger partial charge >= 0.3 is 0 Å². The molecule has 2 heterocycles. The maximum absolute atomic E-state index is 12.2. The first-order valence-electron chi connectivity index (χ1n) is 9.22. The van der Waals surface area contributed by atoms with Crippen LogP contribution in [-0.4, -0.2) is 28.3 Å². The van der Waals surface area contributed by atoms with Crippen LogP contribution in [0.4, 0.5) is 0 Å². The van der Waals surface area contributed by atoms with Crippen LogP contribution in [0.15, 0.2) is 24.4 Å². The van der Waals surface area contributed by atoms with E-state index in [2.05, 4.69) is 16.0 Å². The molecule has 1 amide bonds. The molecule has 0 bridgehead atoms. The van der Waals surface area contributed by atoms with Gasteiger partial charge in [0.05, 0.1) is 21.9 Å². The van der Waals surface area contributed by atoms with E-state index in [-0.39, 0.29) is 23.8 Å². The molecule has 4 rings (SSSR count). The summed E-state index contributed by atoms with van der Waals surface area (Å²) in [4.78, 5) is 12.2. The second-order valence-corrected chi connectivity index (χ2v) is 8.27. The average Bonchev–Trinajstić information content (AvgIpc) is 3.05. The highest BCUT2D eigenvalue weighted by molar-refractivity contribution is 6.42. The van der Waals surface area contributed by atoms with E-state index in [4.69, 9.17) is 28.9 Å². The maximum atomic E-state index is 12.2. The third-order valence-corrected chi connectivity index (χ3v) is 6.73. The molecule has 2 aliphatic rings. The number of halogens is 2. The highest BCUT2D eigenvalue weighted by Gasteiger charge is 2.43. The number of benzene rings is 1. The van der Waals surface area contributed by atoms with Crippen LogP contribution < -0.4 is 16.6 Å². The van der Waals surface area contributed by atoms with Gasteiger partial charge in [-0.1, -0.05) is 29.3 Å². The number of carbonyl (C=O) groups is 1. The van der Waals surface area contributed by atoms with Gasteiger partial charge in [-0.25, -0.2) is 5.43 Å². The van der Waals surface area contributed by atoms with E-state index in [9.17, 15) is 4.79 Å². The molecule has 4 atom stereocenters. The van der Waals surface area contributed by atoms with Crippen LogP contribution in [0.25, 0.3) is 11.3 Å². The molecule has 6 nitrogen and oxygen atoms in total. The molecule has 27 heavy (non-hydrogen) atoms. The summed E-state index contributed by atoms with van der Waals surface area (Å²) >= 11 is 12.3. The van der Waals surface area contributed by atoms with Crippen LogP contribution in [0.5, 0.6) is 0 Å². The first kappa shape index (κ1) is 18.7. The fourth-order valence-electron chi connectivity index (χ4n) is 4.61. The van der Waals surface area contributed by atoms with Crippen LogP contribution >= 0.6 is 23.2 Å². The van der Waals surface area contributed by atoms with Crippen molar-refractivity contribution in [2.24, 2.45) is 24.6 Å². The molecule has 4 unspecified atom stereocenters. The Labute approximate surface area is 168 Å². The Morgan fingerprint density at radius 3 is 2.85 bits per heavy atom. The van der Waals surface area contributed by atoms with Gasteiger partial charge in [0.1, 0.15) is 0 Å². The Morgan fingerprint density at radius 1 is 1.30 bits per heavy atom. The number of rotatable bonds is 3. The number of fused-ring (bicyclic) bond motifs is 1. The number of hydrogen-bond donors (Lipinski definition) is 3. The van der Waals surface area contributed by atoms with Crippen molar-refractivity contribution in [3.63, 3.8) is 0 Å². The zero-order valence-corrected chi connectivity index (χ0v) is 16.6. The Bertz CT molecular complexity index is 868. The minimum Gasteiger partial charge on any atom is -0.329 e. The lowest BCUT2D eigenvalue weighted by molar-refractivity contribution is -0.133. The summed E-state index contributed by atoms with van der Waals surface area (Å²) in [5.41, 5.74) is 15.0. The molecule has 1 saturated heterocycles. The van der Waals surface area contributed by atoms with Gasteiger partial charge in [-0.05, 0) is 43.2 Å². The van der Waals surface area contributed by atoms with Gasteiger partial charge < -0.3 is 5.73 Å². The smallest absolute Gasteiger partial charge is 0.237 e. The number of amides is 1. The molecule has 8 heteroatoms. The maximum Gasteiger partial charge on any atom is 0.237 e. The number of nitrogens with zero attached hydrogens (tertiary/aromatic N) is 2. The summed E-state index contributed by atoms with van der Waals surface area (Å²) in [6, 6.07) is 5.76. The van der Waals surface area contributed by atoms with E-state index >= 15 is 0 Å². The molecular weight excluding hydrogens is 385 g/mol. The number of nitrogens with two attached hydrogens (primary N) is 1. The second-order valence-electron chi connectivity index (χ2n) is 7.46. The van der Waals surface area contributed by atoms with Crippen molar-refractivity contribution in [3.8, 4) is 11.3 Å². The summed E-state index contributed by atoms with van der Waals surface area (Å²) in [5.74, 6) is 0.663. The number of hydrazine groups is 1. The largest absolute Gasteiger partial charge is 0.329 e. The Kier molecular flexibility index (Phi) is 5.16. The molecule has 1 aromatic heterocycles. The van der Waals surface area contributed by atoms with Gasteiger partial charge in [0.25, 0.3) is 0 Å². The normalized spacial score (nSPS) is 27.9. The quantitative estimate of drug-likeness (QED) is 0.729. The third kappa shape index (κ3) is 3.36. The average molecular weight is 408 g/mol. The van der Waals surface area contributed by atoms with Crippen LogP contribution in [0.2, 0.25) is 10.0 Å². The number of aromatic nitrogens is 2. The zero-order valence-electron chi connectivity index (χ0n) is 15.1. The molecule has 1 saturated carbocycles. The SMILES string of the molecule is Cn1ncc(C2CCC3C(=O)NNC(CN)C3C2)c1-c1ccc(Cl)c(Cl)c1. The lowest BCUT2D eigenvalue weighted by atomic mass is 9.68. The van der Waals surface area contributed by atoms with Crippen LogP contribution in [-0.2, 0) is 11.8 Å². The first-order chi connectivity index (χ1) is 13.0. The van der Waals surface area contributed by atoms with Crippen molar-refractivity contribution in [2.45, 2.75) is 31.2 Å². The summed E-state index contributed by atoms with van der Waals surface area (Å²) in [6.45, 7) is 0.501. The number of aryl methyl sites for hydroxylation is 1. The summed E-state index contributed by atoms with van der Waals surface area (Å²) in [5, 5.41) is 5.57. The highest BCUT2D eigenvalue weighted by Crippen LogP contribution is 2.44. The summed E-state index contributed by atoms with van der Waals surface area (Å²) in [7, 11) is 1.94. The Morgan fingerprint density at radius 2 is 2.11 bits per heavy atom. The lowest BCUT2D eigenvalue weighted by Gasteiger charge is -2.43. The van der Waals surface area contributed by atoms with E-state index in [1.54, 1.807) is 0 Å². The molecular formula is C19H23Cl2N5O. The predicted octanol–water partition coefficient (Wildman–Crippen LogP) is 2.86. The van der Waals surface area contributed by atoms with Crippen molar-refractivity contribution in [2.75, 3.05) is 6.54 Å². The standard InChI is InChI=1S/C19H23Cl2N5O/c1-26-18(11-3-5-15(20)16(21)7-11)14(9-23-26)10-2-4-12-13(6-10)17(8-22)24-25-19(12)27/h3,5,7,9-10,12-13,17,24H,2,4,6,8,22H2,1H3,(H,25,27). The fraction of sp³-hybridized carbons (Fsp3) is 0.474. The number of carbonyl (C=O) groups excluding carboxylic acids is 1. The van der Waals surface area contributed by atoms with Crippen molar-refractivity contribution in [1.29, 1.82) is 0 Å². The van der Waals surface area contributed by atoms with Gasteiger partial charge in [-0.2, -0.15) is 5.10 Å². The molecule has 0 spiro atoms. The van der Waals surface area contributed by atoms with Crippen molar-refractivity contribution in [1.82, 2.24) is 20.6 Å². The molecule has 4 N–H and O–H groups in total. The predicted molar refractivity (Wildman–Crippen MR) is 106 cm³/mol. The lowest BCUT2D eigenvalue weighted by Crippen LogP contribution is -2.62. The molecule has 2 fully saturated rings. The Balaban J connectivity index is 1.66. The summed E-state index contributed by atoms with van der Waals surface area (Å²) < 4.78 is 1.88. The van der Waals surface area contributed by atoms with Crippen molar-refractivity contribution in [3.05, 3.63) is 40.0 Å². The van der Waals surface area contributed by atoms with Gasteiger partial charge in [0.15, 0.2) is 0 Å². The monoisotopic (exact) mass is 407 g/mol.